The number of rotatable bonds is 9. The topological polar surface area (TPSA) is 81.4 Å². The Morgan fingerprint density at radius 1 is 1.40 bits per heavy atom. The molecule has 0 aromatic heterocycles. The molecule has 20 heavy (non-hydrogen) atoms. The Morgan fingerprint density at radius 2 is 2.10 bits per heavy atom. The fourth-order valence-corrected chi connectivity index (χ4v) is 4.01. The smallest absolute Gasteiger partial charge is 0.212 e. The molecule has 0 saturated carbocycles. The van der Waals surface area contributed by atoms with Crippen LogP contribution >= 0.6 is 11.8 Å². The molecular formula is C13H22N2O3S2. The molecule has 1 atom stereocenters. The Labute approximate surface area is 125 Å². The van der Waals surface area contributed by atoms with Crippen molar-refractivity contribution in [1.29, 1.82) is 0 Å². The van der Waals surface area contributed by atoms with Crippen LogP contribution in [-0.2, 0) is 14.8 Å². The molecule has 0 heterocycles. The molecule has 0 saturated heterocycles. The van der Waals surface area contributed by atoms with Crippen molar-refractivity contribution in [2.75, 3.05) is 30.4 Å². The second-order valence-electron chi connectivity index (χ2n) is 4.32. The largest absolute Gasteiger partial charge is 0.398 e. The summed E-state index contributed by atoms with van der Waals surface area (Å²) in [5.41, 5.74) is 6.47. The van der Waals surface area contributed by atoms with Gasteiger partial charge in [0.25, 0.3) is 0 Å². The van der Waals surface area contributed by atoms with Gasteiger partial charge in [0.2, 0.25) is 10.0 Å². The van der Waals surface area contributed by atoms with Crippen molar-refractivity contribution in [3.8, 4) is 0 Å². The average molecular weight is 318 g/mol. The SMILES string of the molecule is CCOC(C)CNS(=O)(=O)CCSc1ccccc1N. The third kappa shape index (κ3) is 6.60. The first kappa shape index (κ1) is 17.3. The highest BCUT2D eigenvalue weighted by Crippen LogP contribution is 2.24. The van der Waals surface area contributed by atoms with Crippen LogP contribution in [0.25, 0.3) is 0 Å². The fraction of sp³-hybridized carbons (Fsp3) is 0.538. The van der Waals surface area contributed by atoms with E-state index in [4.69, 9.17) is 10.5 Å². The van der Waals surface area contributed by atoms with E-state index in [0.717, 1.165) is 4.90 Å². The lowest BCUT2D eigenvalue weighted by atomic mass is 10.3. The highest BCUT2D eigenvalue weighted by atomic mass is 32.2. The predicted octanol–water partition coefficient (Wildman–Crippen LogP) is 1.71. The number of sulfonamides is 1. The zero-order valence-corrected chi connectivity index (χ0v) is 13.5. The standard InChI is InChI=1S/C13H22N2O3S2/c1-3-18-11(2)10-15-20(16,17)9-8-19-13-7-5-4-6-12(13)14/h4-7,11,15H,3,8-10,14H2,1-2H3. The summed E-state index contributed by atoms with van der Waals surface area (Å²) in [6.07, 6.45) is -0.118. The lowest BCUT2D eigenvalue weighted by Crippen LogP contribution is -2.34. The lowest BCUT2D eigenvalue weighted by molar-refractivity contribution is 0.0800. The van der Waals surface area contributed by atoms with Crippen LogP contribution in [-0.4, -0.2) is 39.2 Å². The maximum atomic E-state index is 11.8. The quantitative estimate of drug-likeness (QED) is 0.535. The maximum absolute atomic E-state index is 11.8. The van der Waals surface area contributed by atoms with Crippen molar-refractivity contribution in [3.63, 3.8) is 0 Å². The molecule has 1 aromatic carbocycles. The molecule has 1 rings (SSSR count). The second kappa shape index (κ2) is 8.51. The number of nitrogen functional groups attached to an aromatic ring is 1. The molecule has 1 aromatic rings. The number of hydrogen-bond donors (Lipinski definition) is 2. The Balaban J connectivity index is 2.35. The molecule has 0 aliphatic rings. The molecule has 0 radical (unpaired) electrons. The Kier molecular flexibility index (Phi) is 7.36. The summed E-state index contributed by atoms with van der Waals surface area (Å²) in [5.74, 6) is 0.525. The van der Waals surface area contributed by atoms with Gasteiger partial charge in [0.1, 0.15) is 0 Å². The van der Waals surface area contributed by atoms with E-state index in [-0.39, 0.29) is 11.9 Å². The van der Waals surface area contributed by atoms with Crippen LogP contribution in [0.3, 0.4) is 0 Å². The lowest BCUT2D eigenvalue weighted by Gasteiger charge is -2.13. The minimum atomic E-state index is -3.27. The van der Waals surface area contributed by atoms with Crippen molar-refractivity contribution < 1.29 is 13.2 Å². The zero-order chi connectivity index (χ0) is 15.0. The van der Waals surface area contributed by atoms with E-state index in [1.165, 1.54) is 11.8 Å². The van der Waals surface area contributed by atoms with Crippen LogP contribution < -0.4 is 10.5 Å². The first-order valence-electron chi connectivity index (χ1n) is 6.51. The van der Waals surface area contributed by atoms with Gasteiger partial charge in [-0.25, -0.2) is 13.1 Å². The summed E-state index contributed by atoms with van der Waals surface area (Å²) >= 11 is 1.44. The Morgan fingerprint density at radius 3 is 2.75 bits per heavy atom. The van der Waals surface area contributed by atoms with E-state index in [1.807, 2.05) is 32.0 Å². The molecule has 0 spiro atoms. The van der Waals surface area contributed by atoms with Gasteiger partial charge in [-0.15, -0.1) is 11.8 Å². The molecule has 0 aliphatic heterocycles. The Bertz CT molecular complexity index is 506. The molecule has 1 unspecified atom stereocenters. The van der Waals surface area contributed by atoms with Gasteiger partial charge in [-0.2, -0.15) is 0 Å². The fourth-order valence-electron chi connectivity index (χ4n) is 1.53. The zero-order valence-electron chi connectivity index (χ0n) is 11.8. The summed E-state index contributed by atoms with van der Waals surface area (Å²) in [4.78, 5) is 0.908. The van der Waals surface area contributed by atoms with Gasteiger partial charge in [0, 0.05) is 29.5 Å². The van der Waals surface area contributed by atoms with Gasteiger partial charge in [0.15, 0.2) is 0 Å². The van der Waals surface area contributed by atoms with Crippen LogP contribution in [0.1, 0.15) is 13.8 Å². The van der Waals surface area contributed by atoms with Crippen molar-refractivity contribution in [1.82, 2.24) is 4.72 Å². The van der Waals surface area contributed by atoms with Crippen molar-refractivity contribution in [3.05, 3.63) is 24.3 Å². The van der Waals surface area contributed by atoms with Crippen LogP contribution in [0.5, 0.6) is 0 Å². The molecule has 5 nitrogen and oxygen atoms in total. The molecule has 114 valence electrons. The minimum absolute atomic E-state index is 0.0604. The third-order valence-electron chi connectivity index (χ3n) is 2.57. The van der Waals surface area contributed by atoms with Gasteiger partial charge in [-0.3, -0.25) is 0 Å². The molecule has 0 fully saturated rings. The Hall–Kier alpha value is -0.760. The molecule has 3 N–H and O–H groups in total. The van der Waals surface area contributed by atoms with Crippen LogP contribution in [0.2, 0.25) is 0 Å². The van der Waals surface area contributed by atoms with E-state index in [2.05, 4.69) is 4.72 Å². The number of ether oxygens (including phenoxy) is 1. The van der Waals surface area contributed by atoms with Crippen molar-refractivity contribution in [2.45, 2.75) is 24.8 Å². The highest BCUT2D eigenvalue weighted by Gasteiger charge is 2.12. The number of anilines is 1. The summed E-state index contributed by atoms with van der Waals surface area (Å²) in [6.45, 7) is 4.59. The van der Waals surface area contributed by atoms with Gasteiger partial charge >= 0.3 is 0 Å². The first-order valence-corrected chi connectivity index (χ1v) is 9.14. The summed E-state index contributed by atoms with van der Waals surface area (Å²) in [7, 11) is -3.27. The number of nitrogens with one attached hydrogen (secondary N) is 1. The maximum Gasteiger partial charge on any atom is 0.212 e. The molecule has 7 heteroatoms. The number of nitrogens with two attached hydrogens (primary N) is 1. The van der Waals surface area contributed by atoms with E-state index in [9.17, 15) is 8.42 Å². The van der Waals surface area contributed by atoms with Gasteiger partial charge in [-0.1, -0.05) is 12.1 Å². The normalized spacial score (nSPS) is 13.3. The summed E-state index contributed by atoms with van der Waals surface area (Å²) in [6, 6.07) is 7.43. The first-order chi connectivity index (χ1) is 9.44. The molecular weight excluding hydrogens is 296 g/mol. The molecule has 0 amide bonds. The van der Waals surface area contributed by atoms with E-state index < -0.39 is 10.0 Å². The van der Waals surface area contributed by atoms with E-state index in [0.29, 0.717) is 24.6 Å². The minimum Gasteiger partial charge on any atom is -0.398 e. The molecule has 0 bridgehead atoms. The van der Waals surface area contributed by atoms with Crippen molar-refractivity contribution >= 4 is 27.5 Å². The molecule has 0 aliphatic carbocycles. The summed E-state index contributed by atoms with van der Waals surface area (Å²) in [5, 5.41) is 0. The number of hydrogen-bond acceptors (Lipinski definition) is 5. The highest BCUT2D eigenvalue weighted by molar-refractivity contribution is 8.00. The van der Waals surface area contributed by atoms with Crippen LogP contribution in [0, 0.1) is 0 Å². The van der Waals surface area contributed by atoms with Gasteiger partial charge in [0.05, 0.1) is 11.9 Å². The summed E-state index contributed by atoms with van der Waals surface area (Å²) < 4.78 is 31.4. The van der Waals surface area contributed by atoms with Gasteiger partial charge in [-0.05, 0) is 26.0 Å². The predicted molar refractivity (Wildman–Crippen MR) is 84.5 cm³/mol. The second-order valence-corrected chi connectivity index (χ2v) is 7.38. The monoisotopic (exact) mass is 318 g/mol. The van der Waals surface area contributed by atoms with Crippen LogP contribution in [0.4, 0.5) is 5.69 Å². The van der Waals surface area contributed by atoms with Gasteiger partial charge < -0.3 is 10.5 Å². The van der Waals surface area contributed by atoms with Crippen molar-refractivity contribution in [2.24, 2.45) is 0 Å². The van der Waals surface area contributed by atoms with E-state index >= 15 is 0 Å². The number of para-hydroxylation sites is 1. The number of benzene rings is 1. The van der Waals surface area contributed by atoms with Crippen LogP contribution in [0.15, 0.2) is 29.2 Å². The third-order valence-corrected chi connectivity index (χ3v) is 5.27. The van der Waals surface area contributed by atoms with E-state index in [1.54, 1.807) is 6.07 Å². The number of thioether (sulfide) groups is 1. The average Bonchev–Trinajstić information content (AvgIpc) is 2.39.